The number of rotatable bonds is 5. The van der Waals surface area contributed by atoms with E-state index in [2.05, 4.69) is 15.3 Å². The number of piperidine rings is 1. The van der Waals surface area contributed by atoms with Crippen LogP contribution in [0.4, 0.5) is 4.79 Å². The lowest BCUT2D eigenvalue weighted by Gasteiger charge is -2.33. The van der Waals surface area contributed by atoms with Crippen molar-refractivity contribution in [3.05, 3.63) is 16.3 Å². The number of carbonyl (C=O) groups excluding carboxylic acids is 2. The number of thiophene rings is 1. The molecule has 1 aliphatic heterocycles. The van der Waals surface area contributed by atoms with Crippen LogP contribution in [0.1, 0.15) is 54.7 Å². The quantitative estimate of drug-likeness (QED) is 0.746. The summed E-state index contributed by atoms with van der Waals surface area (Å²) >= 11 is 1.32. The summed E-state index contributed by atoms with van der Waals surface area (Å²) in [6.07, 6.45) is 1.04. The van der Waals surface area contributed by atoms with Gasteiger partial charge in [-0.2, -0.15) is 4.98 Å². The van der Waals surface area contributed by atoms with Crippen LogP contribution >= 0.6 is 11.3 Å². The Morgan fingerprint density at radius 3 is 2.45 bits per heavy atom. The minimum Gasteiger partial charge on any atom is -0.480 e. The van der Waals surface area contributed by atoms with Crippen LogP contribution in [0.5, 0.6) is 5.88 Å². The van der Waals surface area contributed by atoms with E-state index >= 15 is 0 Å². The predicted molar refractivity (Wildman–Crippen MR) is 118 cm³/mol. The Labute approximate surface area is 186 Å². The highest BCUT2D eigenvalue weighted by Crippen LogP contribution is 2.35. The Morgan fingerprint density at radius 1 is 1.19 bits per heavy atom. The van der Waals surface area contributed by atoms with Crippen LogP contribution in [0.25, 0.3) is 10.2 Å². The zero-order valence-electron chi connectivity index (χ0n) is 18.9. The average Bonchev–Trinajstić information content (AvgIpc) is 3.03. The van der Waals surface area contributed by atoms with Crippen molar-refractivity contribution in [2.45, 2.75) is 58.8 Å². The van der Waals surface area contributed by atoms with Crippen LogP contribution in [0.15, 0.2) is 0 Å². The first kappa shape index (κ1) is 23.2. The van der Waals surface area contributed by atoms with Crippen molar-refractivity contribution >= 4 is 33.6 Å². The number of hydrogen-bond acceptors (Lipinski definition) is 8. The summed E-state index contributed by atoms with van der Waals surface area (Å²) in [5.74, 6) is 0.802. The number of ether oxygens (including phenoxy) is 3. The number of aryl methyl sites for hydroxylation is 1. The smallest absolute Gasteiger partial charge is 0.410 e. The van der Waals surface area contributed by atoms with Gasteiger partial charge < -0.3 is 24.4 Å². The molecule has 0 unspecified atom stereocenters. The Bertz CT molecular complexity index is 961. The van der Waals surface area contributed by atoms with Gasteiger partial charge in [-0.1, -0.05) is 0 Å². The first-order chi connectivity index (χ1) is 14.6. The molecule has 1 fully saturated rings. The molecule has 10 heteroatoms. The predicted octanol–water partition coefficient (Wildman–Crippen LogP) is 3.28. The zero-order chi connectivity index (χ0) is 22.8. The van der Waals surface area contributed by atoms with Crippen molar-refractivity contribution in [1.82, 2.24) is 20.2 Å². The van der Waals surface area contributed by atoms with E-state index in [-0.39, 0.29) is 24.6 Å². The zero-order valence-corrected chi connectivity index (χ0v) is 19.7. The summed E-state index contributed by atoms with van der Waals surface area (Å²) in [6.45, 7) is 8.78. The van der Waals surface area contributed by atoms with E-state index in [1.54, 1.807) is 19.1 Å². The van der Waals surface area contributed by atoms with E-state index in [1.165, 1.54) is 11.3 Å². The number of methoxy groups -OCH3 is 2. The van der Waals surface area contributed by atoms with Crippen LogP contribution in [-0.4, -0.2) is 65.8 Å². The number of carbonyl (C=O) groups is 2. The van der Waals surface area contributed by atoms with E-state index < -0.39 is 5.60 Å². The van der Waals surface area contributed by atoms with Gasteiger partial charge in [-0.25, -0.2) is 9.78 Å². The first-order valence-corrected chi connectivity index (χ1v) is 11.1. The maximum absolute atomic E-state index is 13.0. The minimum atomic E-state index is -0.520. The third-order valence-corrected chi connectivity index (χ3v) is 6.14. The molecule has 1 N–H and O–H groups in total. The molecular formula is C21H30N4O5S. The van der Waals surface area contributed by atoms with Crippen molar-refractivity contribution in [3.63, 3.8) is 0 Å². The molecule has 2 aromatic heterocycles. The third-order valence-electron chi connectivity index (χ3n) is 4.96. The first-order valence-electron chi connectivity index (χ1n) is 10.2. The van der Waals surface area contributed by atoms with Crippen molar-refractivity contribution in [3.8, 4) is 5.88 Å². The number of hydrogen-bond donors (Lipinski definition) is 1. The molecule has 0 saturated carbocycles. The Kier molecular flexibility index (Phi) is 7.00. The second-order valence-electron chi connectivity index (χ2n) is 8.53. The van der Waals surface area contributed by atoms with Crippen molar-refractivity contribution in [2.75, 3.05) is 27.3 Å². The molecule has 1 saturated heterocycles. The highest BCUT2D eigenvalue weighted by Gasteiger charge is 2.29. The van der Waals surface area contributed by atoms with Gasteiger partial charge >= 0.3 is 6.09 Å². The molecule has 0 spiro atoms. The molecule has 31 heavy (non-hydrogen) atoms. The van der Waals surface area contributed by atoms with Gasteiger partial charge in [0.15, 0.2) is 5.82 Å². The minimum absolute atomic E-state index is 0.00664. The molecular weight excluding hydrogens is 420 g/mol. The van der Waals surface area contributed by atoms with E-state index in [4.69, 9.17) is 14.2 Å². The van der Waals surface area contributed by atoms with Gasteiger partial charge in [-0.15, -0.1) is 11.3 Å². The summed E-state index contributed by atoms with van der Waals surface area (Å²) in [5, 5.41) is 3.85. The molecule has 2 amide bonds. The number of fused-ring (bicyclic) bond motifs is 1. The van der Waals surface area contributed by atoms with Gasteiger partial charge in [-0.05, 0) is 46.1 Å². The summed E-state index contributed by atoms with van der Waals surface area (Å²) in [6, 6.07) is -0.00664. The normalized spacial score (nSPS) is 15.2. The van der Waals surface area contributed by atoms with E-state index in [0.29, 0.717) is 47.3 Å². The van der Waals surface area contributed by atoms with Gasteiger partial charge in [0.1, 0.15) is 17.0 Å². The SMILES string of the molecule is COCc1nc(OC)c2c(C)c(C(=O)NC3CCN(C(=O)OC(C)(C)C)CC3)sc2n1. The van der Waals surface area contributed by atoms with Gasteiger partial charge in [-0.3, -0.25) is 4.79 Å². The van der Waals surface area contributed by atoms with E-state index in [9.17, 15) is 9.59 Å². The topological polar surface area (TPSA) is 103 Å². The molecule has 0 aliphatic carbocycles. The molecule has 3 heterocycles. The second-order valence-corrected chi connectivity index (χ2v) is 9.53. The Hall–Kier alpha value is -2.46. The van der Waals surface area contributed by atoms with Gasteiger partial charge in [0.05, 0.1) is 17.4 Å². The molecule has 170 valence electrons. The van der Waals surface area contributed by atoms with Crippen LogP contribution in [0.2, 0.25) is 0 Å². The lowest BCUT2D eigenvalue weighted by atomic mass is 10.0. The lowest BCUT2D eigenvalue weighted by molar-refractivity contribution is 0.0200. The van der Waals surface area contributed by atoms with Crippen molar-refractivity contribution in [1.29, 1.82) is 0 Å². The highest BCUT2D eigenvalue weighted by molar-refractivity contribution is 7.20. The summed E-state index contributed by atoms with van der Waals surface area (Å²) in [4.78, 5) is 37.1. The van der Waals surface area contributed by atoms with Crippen LogP contribution in [0, 0.1) is 6.92 Å². The van der Waals surface area contributed by atoms with Crippen LogP contribution < -0.4 is 10.1 Å². The number of likely N-dealkylation sites (tertiary alicyclic amines) is 1. The Morgan fingerprint density at radius 2 is 1.87 bits per heavy atom. The summed E-state index contributed by atoms with van der Waals surface area (Å²) in [5.41, 5.74) is 0.276. The van der Waals surface area contributed by atoms with Gasteiger partial charge in [0.2, 0.25) is 5.88 Å². The lowest BCUT2D eigenvalue weighted by Crippen LogP contribution is -2.47. The molecule has 0 aromatic carbocycles. The second kappa shape index (κ2) is 9.35. The van der Waals surface area contributed by atoms with Gasteiger partial charge in [0.25, 0.3) is 5.91 Å². The standard InChI is InChI=1S/C21H30N4O5S/c1-12-15-18(29-6)23-14(11-28-5)24-19(15)31-16(12)17(26)22-13-7-9-25(10-8-13)20(27)30-21(2,3)4/h13H,7-11H2,1-6H3,(H,22,26). The number of amides is 2. The fraction of sp³-hybridized carbons (Fsp3) is 0.619. The largest absolute Gasteiger partial charge is 0.480 e. The van der Waals surface area contributed by atoms with E-state index in [1.807, 2.05) is 27.7 Å². The highest BCUT2D eigenvalue weighted by atomic mass is 32.1. The van der Waals surface area contributed by atoms with Crippen LogP contribution in [-0.2, 0) is 16.1 Å². The fourth-order valence-electron chi connectivity index (χ4n) is 3.49. The van der Waals surface area contributed by atoms with E-state index in [0.717, 1.165) is 10.9 Å². The van der Waals surface area contributed by atoms with Crippen molar-refractivity contribution in [2.24, 2.45) is 0 Å². The Balaban J connectivity index is 1.69. The molecule has 0 atom stereocenters. The third kappa shape index (κ3) is 5.43. The van der Waals surface area contributed by atoms with Gasteiger partial charge in [0, 0.05) is 26.2 Å². The maximum atomic E-state index is 13.0. The maximum Gasteiger partial charge on any atom is 0.410 e. The monoisotopic (exact) mass is 450 g/mol. The molecule has 1 aliphatic rings. The number of aromatic nitrogens is 2. The molecule has 0 bridgehead atoms. The average molecular weight is 451 g/mol. The summed E-state index contributed by atoms with van der Waals surface area (Å²) in [7, 11) is 3.13. The number of nitrogens with zero attached hydrogens (tertiary/aromatic N) is 3. The van der Waals surface area contributed by atoms with Crippen LogP contribution in [0.3, 0.4) is 0 Å². The molecule has 0 radical (unpaired) electrons. The number of nitrogens with one attached hydrogen (secondary N) is 1. The summed E-state index contributed by atoms with van der Waals surface area (Å²) < 4.78 is 16.0. The molecule has 2 aromatic rings. The molecule has 3 rings (SSSR count). The van der Waals surface area contributed by atoms with Crippen molar-refractivity contribution < 1.29 is 23.8 Å². The molecule has 9 nitrogen and oxygen atoms in total. The fourth-order valence-corrected chi connectivity index (χ4v) is 4.58.